The number of carbonyl (C=O) groups is 2. The highest BCUT2D eigenvalue weighted by Crippen LogP contribution is 2.18. The van der Waals surface area contributed by atoms with Crippen molar-refractivity contribution >= 4 is 11.9 Å². The minimum absolute atomic E-state index is 0.0300. The molecule has 0 aliphatic carbocycles. The first-order valence-corrected chi connectivity index (χ1v) is 6.84. The summed E-state index contributed by atoms with van der Waals surface area (Å²) < 4.78 is 5.00. The monoisotopic (exact) mass is 256 g/mol. The zero-order chi connectivity index (χ0) is 13.4. The van der Waals surface area contributed by atoms with Crippen molar-refractivity contribution in [3.05, 3.63) is 0 Å². The van der Waals surface area contributed by atoms with Gasteiger partial charge < -0.3 is 15.0 Å². The van der Waals surface area contributed by atoms with Gasteiger partial charge in [0.15, 0.2) is 0 Å². The number of hydrogen-bond acceptors (Lipinski definition) is 4. The molecule has 0 bridgehead atoms. The van der Waals surface area contributed by atoms with Crippen molar-refractivity contribution in [2.24, 2.45) is 5.92 Å². The molecule has 5 heteroatoms. The Morgan fingerprint density at radius 3 is 2.50 bits per heavy atom. The summed E-state index contributed by atoms with van der Waals surface area (Å²) in [5.41, 5.74) is 0. The highest BCUT2D eigenvalue weighted by molar-refractivity contribution is 5.79. The van der Waals surface area contributed by atoms with Gasteiger partial charge in [-0.25, -0.2) is 0 Å². The number of hydrogen-bond donors (Lipinski definition) is 1. The summed E-state index contributed by atoms with van der Waals surface area (Å²) in [7, 11) is 0. The molecule has 0 atom stereocenters. The number of nitrogens with one attached hydrogen (secondary N) is 1. The number of piperidine rings is 1. The Labute approximate surface area is 109 Å². The smallest absolute Gasteiger partial charge is 0.309 e. The van der Waals surface area contributed by atoms with Crippen molar-refractivity contribution in [1.29, 1.82) is 0 Å². The second-order valence-electron chi connectivity index (χ2n) is 4.58. The van der Waals surface area contributed by atoms with Crippen LogP contribution in [0.3, 0.4) is 0 Å². The first-order valence-electron chi connectivity index (χ1n) is 6.84. The van der Waals surface area contributed by atoms with Crippen molar-refractivity contribution in [2.75, 3.05) is 32.8 Å². The molecule has 18 heavy (non-hydrogen) atoms. The zero-order valence-electron chi connectivity index (χ0n) is 11.4. The molecule has 1 saturated heterocycles. The van der Waals surface area contributed by atoms with E-state index in [1.807, 2.05) is 11.8 Å². The molecule has 0 saturated carbocycles. The summed E-state index contributed by atoms with van der Waals surface area (Å²) in [6.07, 6.45) is 2.47. The van der Waals surface area contributed by atoms with Crippen LogP contribution in [0, 0.1) is 5.92 Å². The molecule has 1 aliphatic heterocycles. The lowest BCUT2D eigenvalue weighted by atomic mass is 9.97. The van der Waals surface area contributed by atoms with E-state index in [9.17, 15) is 9.59 Å². The van der Waals surface area contributed by atoms with E-state index in [2.05, 4.69) is 12.2 Å². The maximum atomic E-state index is 11.8. The van der Waals surface area contributed by atoms with Crippen molar-refractivity contribution in [1.82, 2.24) is 10.2 Å². The van der Waals surface area contributed by atoms with Gasteiger partial charge in [0, 0.05) is 13.1 Å². The number of amides is 1. The van der Waals surface area contributed by atoms with Gasteiger partial charge in [-0.2, -0.15) is 0 Å². The lowest BCUT2D eigenvalue weighted by molar-refractivity contribution is -0.151. The number of nitrogens with zero attached hydrogens (tertiary/aromatic N) is 1. The highest BCUT2D eigenvalue weighted by atomic mass is 16.5. The predicted molar refractivity (Wildman–Crippen MR) is 69.1 cm³/mol. The lowest BCUT2D eigenvalue weighted by Gasteiger charge is -2.31. The fourth-order valence-electron chi connectivity index (χ4n) is 2.11. The van der Waals surface area contributed by atoms with Gasteiger partial charge in [0.05, 0.1) is 19.1 Å². The van der Waals surface area contributed by atoms with E-state index >= 15 is 0 Å². The van der Waals surface area contributed by atoms with Crippen LogP contribution < -0.4 is 5.32 Å². The van der Waals surface area contributed by atoms with Crippen LogP contribution in [0.15, 0.2) is 0 Å². The fourth-order valence-corrected chi connectivity index (χ4v) is 2.11. The molecular weight excluding hydrogens is 232 g/mol. The lowest BCUT2D eigenvalue weighted by Crippen LogP contribution is -2.44. The van der Waals surface area contributed by atoms with Crippen molar-refractivity contribution in [2.45, 2.75) is 33.1 Å². The highest BCUT2D eigenvalue weighted by Gasteiger charge is 2.27. The van der Waals surface area contributed by atoms with Crippen LogP contribution in [0.5, 0.6) is 0 Å². The SMILES string of the molecule is CCCNCC(=O)N1CCC(C(=O)OCC)CC1. The third-order valence-electron chi connectivity index (χ3n) is 3.17. The van der Waals surface area contributed by atoms with E-state index in [0.717, 1.165) is 25.8 Å². The summed E-state index contributed by atoms with van der Waals surface area (Å²) in [6, 6.07) is 0. The van der Waals surface area contributed by atoms with Crippen LogP contribution in [0.1, 0.15) is 33.1 Å². The van der Waals surface area contributed by atoms with Crippen molar-refractivity contribution in [3.63, 3.8) is 0 Å². The molecule has 0 spiro atoms. The normalized spacial score (nSPS) is 16.7. The molecule has 1 amide bonds. The minimum atomic E-state index is -0.117. The molecule has 1 N–H and O–H groups in total. The third kappa shape index (κ3) is 4.64. The Bertz CT molecular complexity index is 273. The Kier molecular flexibility index (Phi) is 6.72. The summed E-state index contributed by atoms with van der Waals surface area (Å²) in [4.78, 5) is 25.2. The van der Waals surface area contributed by atoms with Crippen LogP contribution in [-0.4, -0.2) is 49.6 Å². The van der Waals surface area contributed by atoms with E-state index in [4.69, 9.17) is 4.74 Å². The molecular formula is C13H24N2O3. The van der Waals surface area contributed by atoms with E-state index in [-0.39, 0.29) is 17.8 Å². The van der Waals surface area contributed by atoms with Crippen LogP contribution in [-0.2, 0) is 14.3 Å². The van der Waals surface area contributed by atoms with E-state index in [1.165, 1.54) is 0 Å². The molecule has 1 fully saturated rings. The Balaban J connectivity index is 2.26. The van der Waals surface area contributed by atoms with Gasteiger partial charge in [0.2, 0.25) is 5.91 Å². The molecule has 1 heterocycles. The number of ether oxygens (including phenoxy) is 1. The molecule has 0 aromatic carbocycles. The minimum Gasteiger partial charge on any atom is -0.466 e. The van der Waals surface area contributed by atoms with Gasteiger partial charge >= 0.3 is 5.97 Å². The second kappa shape index (κ2) is 8.08. The van der Waals surface area contributed by atoms with Crippen LogP contribution in [0.2, 0.25) is 0 Å². The molecule has 0 aromatic rings. The number of esters is 1. The van der Waals surface area contributed by atoms with Crippen molar-refractivity contribution in [3.8, 4) is 0 Å². The van der Waals surface area contributed by atoms with E-state index < -0.39 is 0 Å². The molecule has 5 nitrogen and oxygen atoms in total. The van der Waals surface area contributed by atoms with Gasteiger partial charge in [0.1, 0.15) is 0 Å². The fraction of sp³-hybridized carbons (Fsp3) is 0.846. The average molecular weight is 256 g/mol. The largest absolute Gasteiger partial charge is 0.466 e. The molecule has 0 unspecified atom stereocenters. The quantitative estimate of drug-likeness (QED) is 0.564. The molecule has 1 aliphatic rings. The van der Waals surface area contributed by atoms with Gasteiger partial charge in [-0.3, -0.25) is 9.59 Å². The first-order chi connectivity index (χ1) is 8.69. The van der Waals surface area contributed by atoms with Crippen LogP contribution in [0.4, 0.5) is 0 Å². The number of carbonyl (C=O) groups excluding carboxylic acids is 2. The summed E-state index contributed by atoms with van der Waals surface area (Å²) in [5, 5.41) is 3.10. The number of likely N-dealkylation sites (tertiary alicyclic amines) is 1. The molecule has 1 rings (SSSR count). The van der Waals surface area contributed by atoms with Crippen molar-refractivity contribution < 1.29 is 14.3 Å². The third-order valence-corrected chi connectivity index (χ3v) is 3.17. The summed E-state index contributed by atoms with van der Waals surface area (Å²) >= 11 is 0. The maximum Gasteiger partial charge on any atom is 0.309 e. The molecule has 104 valence electrons. The summed E-state index contributed by atoms with van der Waals surface area (Å²) in [5.74, 6) is -0.0166. The zero-order valence-corrected chi connectivity index (χ0v) is 11.4. The first kappa shape index (κ1) is 15.0. The second-order valence-corrected chi connectivity index (χ2v) is 4.58. The van der Waals surface area contributed by atoms with Gasteiger partial charge in [-0.1, -0.05) is 6.92 Å². The average Bonchev–Trinajstić information content (AvgIpc) is 2.39. The molecule has 0 radical (unpaired) electrons. The van der Waals surface area contributed by atoms with E-state index in [1.54, 1.807) is 0 Å². The number of rotatable bonds is 6. The van der Waals surface area contributed by atoms with Gasteiger partial charge in [-0.05, 0) is 32.7 Å². The Morgan fingerprint density at radius 2 is 1.94 bits per heavy atom. The van der Waals surface area contributed by atoms with Crippen LogP contribution >= 0.6 is 0 Å². The molecule has 0 aromatic heterocycles. The topological polar surface area (TPSA) is 58.6 Å². The standard InChI is InChI=1S/C13H24N2O3/c1-3-7-14-10-12(16)15-8-5-11(6-9-15)13(17)18-4-2/h11,14H,3-10H2,1-2H3. The Morgan fingerprint density at radius 1 is 1.28 bits per heavy atom. The van der Waals surface area contributed by atoms with Gasteiger partial charge in [0.25, 0.3) is 0 Å². The Hall–Kier alpha value is -1.10. The van der Waals surface area contributed by atoms with Gasteiger partial charge in [-0.15, -0.1) is 0 Å². The van der Waals surface area contributed by atoms with E-state index in [0.29, 0.717) is 26.2 Å². The maximum absolute atomic E-state index is 11.8. The van der Waals surface area contributed by atoms with Crippen LogP contribution in [0.25, 0.3) is 0 Å². The predicted octanol–water partition coefficient (Wildman–Crippen LogP) is 0.788. The summed E-state index contributed by atoms with van der Waals surface area (Å²) in [6.45, 7) is 6.91.